The Morgan fingerprint density at radius 1 is 1.54 bits per heavy atom. The predicted octanol–water partition coefficient (Wildman–Crippen LogP) is 2.30. The van der Waals surface area contributed by atoms with Crippen LogP contribution in [0.3, 0.4) is 0 Å². The number of thiazole rings is 1. The quantitative estimate of drug-likeness (QED) is 0.781. The van der Waals surface area contributed by atoms with Gasteiger partial charge in [-0.2, -0.15) is 0 Å². The van der Waals surface area contributed by atoms with Crippen LogP contribution < -0.4 is 5.32 Å². The van der Waals surface area contributed by atoms with Crippen LogP contribution in [0, 0.1) is 0 Å². The maximum atomic E-state index is 4.20. The van der Waals surface area contributed by atoms with Crippen molar-refractivity contribution in [1.29, 1.82) is 0 Å². The molecule has 70 valence electrons. The minimum Gasteiger partial charge on any atom is -0.311 e. The van der Waals surface area contributed by atoms with Crippen LogP contribution in [0.25, 0.3) is 6.08 Å². The third-order valence-electron chi connectivity index (χ3n) is 2.27. The summed E-state index contributed by atoms with van der Waals surface area (Å²) in [5.41, 5.74) is 0. The molecule has 0 bridgehead atoms. The molecular weight excluding hydrogens is 180 g/mol. The second-order valence-electron chi connectivity index (χ2n) is 3.29. The van der Waals surface area contributed by atoms with E-state index in [-0.39, 0.29) is 0 Å². The van der Waals surface area contributed by atoms with Gasteiger partial charge in [0.2, 0.25) is 0 Å². The first kappa shape index (κ1) is 8.91. The summed E-state index contributed by atoms with van der Waals surface area (Å²) in [6, 6.07) is 0.567. The Labute approximate surface area is 82.7 Å². The summed E-state index contributed by atoms with van der Waals surface area (Å²) in [5, 5.41) is 6.58. The summed E-state index contributed by atoms with van der Waals surface area (Å²) in [4.78, 5) is 4.20. The van der Waals surface area contributed by atoms with Crippen molar-refractivity contribution >= 4 is 17.4 Å². The van der Waals surface area contributed by atoms with Gasteiger partial charge >= 0.3 is 0 Å². The van der Waals surface area contributed by atoms with Gasteiger partial charge in [-0.05, 0) is 25.5 Å². The lowest BCUT2D eigenvalue weighted by Gasteiger charge is -2.19. The van der Waals surface area contributed by atoms with E-state index in [1.54, 1.807) is 11.3 Å². The number of rotatable bonds is 2. The molecule has 1 aromatic heterocycles. The minimum absolute atomic E-state index is 0.567. The smallest absolute Gasteiger partial charge is 0.115 e. The molecular formula is C10H14N2S. The van der Waals surface area contributed by atoms with E-state index in [2.05, 4.69) is 22.5 Å². The zero-order valence-electron chi connectivity index (χ0n) is 7.57. The van der Waals surface area contributed by atoms with Crippen molar-refractivity contribution in [2.75, 3.05) is 6.54 Å². The van der Waals surface area contributed by atoms with Gasteiger partial charge in [0.25, 0.3) is 0 Å². The number of piperidine rings is 1. The summed E-state index contributed by atoms with van der Waals surface area (Å²) in [6.45, 7) is 1.16. The molecule has 13 heavy (non-hydrogen) atoms. The van der Waals surface area contributed by atoms with Crippen LogP contribution in [0.5, 0.6) is 0 Å². The monoisotopic (exact) mass is 194 g/mol. The maximum Gasteiger partial charge on any atom is 0.115 e. The normalized spacial score (nSPS) is 23.8. The standard InChI is InChI=1S/C10H14N2S/c1-2-6-11-9(3-1)4-5-10-12-7-8-13-10/h4-5,7-9,11H,1-3,6H2/b5-4+. The Balaban J connectivity index is 1.89. The lowest BCUT2D eigenvalue weighted by molar-refractivity contribution is 0.455. The highest BCUT2D eigenvalue weighted by Crippen LogP contribution is 2.11. The van der Waals surface area contributed by atoms with Crippen molar-refractivity contribution in [3.05, 3.63) is 22.7 Å². The fourth-order valence-electron chi connectivity index (χ4n) is 1.56. The number of hydrogen-bond donors (Lipinski definition) is 1. The number of aromatic nitrogens is 1. The lowest BCUT2D eigenvalue weighted by atomic mass is 10.0. The molecule has 2 rings (SSSR count). The van der Waals surface area contributed by atoms with Gasteiger partial charge in [0, 0.05) is 17.6 Å². The van der Waals surface area contributed by atoms with Crippen LogP contribution in [0.1, 0.15) is 24.3 Å². The summed E-state index contributed by atoms with van der Waals surface area (Å²) >= 11 is 1.69. The van der Waals surface area contributed by atoms with Gasteiger partial charge < -0.3 is 5.32 Å². The molecule has 2 nitrogen and oxygen atoms in total. The Morgan fingerprint density at radius 2 is 2.54 bits per heavy atom. The molecule has 1 atom stereocenters. The molecule has 1 fully saturated rings. The van der Waals surface area contributed by atoms with E-state index >= 15 is 0 Å². The molecule has 1 N–H and O–H groups in total. The molecule has 2 heterocycles. The van der Waals surface area contributed by atoms with Gasteiger partial charge in [-0.25, -0.2) is 4.98 Å². The minimum atomic E-state index is 0.567. The zero-order valence-corrected chi connectivity index (χ0v) is 8.39. The topological polar surface area (TPSA) is 24.9 Å². The van der Waals surface area contributed by atoms with Crippen molar-refractivity contribution in [2.24, 2.45) is 0 Å². The lowest BCUT2D eigenvalue weighted by Crippen LogP contribution is -2.31. The molecule has 1 saturated heterocycles. The van der Waals surface area contributed by atoms with E-state index in [1.165, 1.54) is 19.3 Å². The molecule has 0 spiro atoms. The van der Waals surface area contributed by atoms with E-state index in [9.17, 15) is 0 Å². The number of nitrogens with zero attached hydrogens (tertiary/aromatic N) is 1. The van der Waals surface area contributed by atoms with Crippen molar-refractivity contribution in [1.82, 2.24) is 10.3 Å². The van der Waals surface area contributed by atoms with Crippen molar-refractivity contribution in [3.63, 3.8) is 0 Å². The molecule has 0 aliphatic carbocycles. The second-order valence-corrected chi connectivity index (χ2v) is 4.21. The molecule has 0 aromatic carbocycles. The van der Waals surface area contributed by atoms with Crippen LogP contribution in [0.4, 0.5) is 0 Å². The van der Waals surface area contributed by atoms with E-state index in [1.807, 2.05) is 11.6 Å². The van der Waals surface area contributed by atoms with Crippen molar-refractivity contribution < 1.29 is 0 Å². The molecule has 1 aliphatic rings. The Hall–Kier alpha value is -0.670. The fraction of sp³-hybridized carbons (Fsp3) is 0.500. The first-order valence-electron chi connectivity index (χ1n) is 4.76. The van der Waals surface area contributed by atoms with E-state index in [0.29, 0.717) is 6.04 Å². The van der Waals surface area contributed by atoms with Crippen molar-refractivity contribution in [3.8, 4) is 0 Å². The SMILES string of the molecule is C(=C\C1CCCCN1)/c1nccs1. The highest BCUT2D eigenvalue weighted by molar-refractivity contribution is 7.10. The van der Waals surface area contributed by atoms with Gasteiger partial charge in [0.15, 0.2) is 0 Å². The number of nitrogens with one attached hydrogen (secondary N) is 1. The summed E-state index contributed by atoms with van der Waals surface area (Å²) in [5.74, 6) is 0. The van der Waals surface area contributed by atoms with Crippen LogP contribution in [0.15, 0.2) is 17.7 Å². The van der Waals surface area contributed by atoms with Gasteiger partial charge in [0.05, 0.1) is 0 Å². The molecule has 3 heteroatoms. The average Bonchev–Trinajstić information content (AvgIpc) is 2.69. The van der Waals surface area contributed by atoms with Crippen molar-refractivity contribution in [2.45, 2.75) is 25.3 Å². The Bertz CT molecular complexity index is 260. The van der Waals surface area contributed by atoms with E-state index in [4.69, 9.17) is 0 Å². The Morgan fingerprint density at radius 3 is 3.23 bits per heavy atom. The zero-order chi connectivity index (χ0) is 8.93. The van der Waals surface area contributed by atoms with Crippen LogP contribution >= 0.6 is 11.3 Å². The first-order valence-corrected chi connectivity index (χ1v) is 5.64. The second kappa shape index (κ2) is 4.53. The molecule has 1 unspecified atom stereocenters. The highest BCUT2D eigenvalue weighted by atomic mass is 32.1. The fourth-order valence-corrected chi connectivity index (χ4v) is 2.10. The third-order valence-corrected chi connectivity index (χ3v) is 3.01. The summed E-state index contributed by atoms with van der Waals surface area (Å²) < 4.78 is 0. The molecule has 1 aliphatic heterocycles. The van der Waals surface area contributed by atoms with Gasteiger partial charge in [-0.1, -0.05) is 12.5 Å². The van der Waals surface area contributed by atoms with E-state index < -0.39 is 0 Å². The van der Waals surface area contributed by atoms with Crippen LogP contribution in [0.2, 0.25) is 0 Å². The van der Waals surface area contributed by atoms with Gasteiger partial charge in [-0.3, -0.25) is 0 Å². The van der Waals surface area contributed by atoms with Gasteiger partial charge in [-0.15, -0.1) is 11.3 Å². The van der Waals surface area contributed by atoms with Gasteiger partial charge in [0.1, 0.15) is 5.01 Å². The summed E-state index contributed by atoms with van der Waals surface area (Å²) in [6.07, 6.45) is 10.1. The highest BCUT2D eigenvalue weighted by Gasteiger charge is 2.08. The molecule has 0 amide bonds. The average molecular weight is 194 g/mol. The third kappa shape index (κ3) is 2.64. The van der Waals surface area contributed by atoms with Crippen LogP contribution in [-0.2, 0) is 0 Å². The Kier molecular flexibility index (Phi) is 3.11. The molecule has 1 aromatic rings. The van der Waals surface area contributed by atoms with Crippen LogP contribution in [-0.4, -0.2) is 17.6 Å². The number of hydrogen-bond acceptors (Lipinski definition) is 3. The maximum absolute atomic E-state index is 4.20. The largest absolute Gasteiger partial charge is 0.311 e. The molecule has 0 radical (unpaired) electrons. The molecule has 0 saturated carbocycles. The van der Waals surface area contributed by atoms with E-state index in [0.717, 1.165) is 11.6 Å². The first-order chi connectivity index (χ1) is 6.45. The summed E-state index contributed by atoms with van der Waals surface area (Å²) in [7, 11) is 0. The predicted molar refractivity (Wildman–Crippen MR) is 56.8 cm³/mol.